The average Bonchev–Trinajstić information content (AvgIpc) is 2.99. The summed E-state index contributed by atoms with van der Waals surface area (Å²) in [5.41, 5.74) is 1.15. The van der Waals surface area contributed by atoms with Crippen LogP contribution >= 0.6 is 0 Å². The Kier molecular flexibility index (Phi) is 3.88. The Balaban J connectivity index is 1.66. The van der Waals surface area contributed by atoms with E-state index in [1.807, 2.05) is 54.6 Å². The minimum atomic E-state index is -0.776. The fraction of sp³-hybridized carbons (Fsp3) is 0.235. The molecule has 2 atom stereocenters. The summed E-state index contributed by atoms with van der Waals surface area (Å²) in [6, 6.07) is 17.1. The first-order valence-corrected chi connectivity index (χ1v) is 7.01. The third kappa shape index (κ3) is 3.23. The summed E-state index contributed by atoms with van der Waals surface area (Å²) >= 11 is 0. The molecule has 0 aliphatic carbocycles. The van der Waals surface area contributed by atoms with Gasteiger partial charge in [-0.25, -0.2) is 0 Å². The van der Waals surface area contributed by atoms with Crippen LogP contribution in [0.25, 0.3) is 0 Å². The molecule has 1 aliphatic heterocycles. The summed E-state index contributed by atoms with van der Waals surface area (Å²) < 4.78 is 5.75. The van der Waals surface area contributed by atoms with Crippen molar-refractivity contribution in [3.8, 4) is 11.5 Å². The Morgan fingerprint density at radius 1 is 1.05 bits per heavy atom. The maximum atomic E-state index is 11.0. The van der Waals surface area contributed by atoms with Crippen LogP contribution in [0.3, 0.4) is 0 Å². The van der Waals surface area contributed by atoms with Gasteiger partial charge in [0.15, 0.2) is 0 Å². The Labute approximate surface area is 123 Å². The standard InChI is InChI=1S/C17H17NO3/c19-17(20)16-10-13(11-18-16)12-6-8-15(9-7-12)21-14-4-2-1-3-5-14/h1-9,13,16,18H,10-11H2,(H,19,20)/t13-,16-/m0/s1. The predicted molar refractivity (Wildman–Crippen MR) is 79.7 cm³/mol. The lowest BCUT2D eigenvalue weighted by Gasteiger charge is -2.10. The highest BCUT2D eigenvalue weighted by Crippen LogP contribution is 2.28. The molecule has 2 aromatic rings. The largest absolute Gasteiger partial charge is 0.480 e. The summed E-state index contributed by atoms with van der Waals surface area (Å²) in [4.78, 5) is 11.0. The summed E-state index contributed by atoms with van der Waals surface area (Å²) in [5, 5.41) is 12.0. The molecule has 1 heterocycles. The van der Waals surface area contributed by atoms with Crippen molar-refractivity contribution in [1.82, 2.24) is 5.32 Å². The number of ether oxygens (including phenoxy) is 1. The zero-order chi connectivity index (χ0) is 14.7. The van der Waals surface area contributed by atoms with Crippen LogP contribution in [0.1, 0.15) is 17.9 Å². The van der Waals surface area contributed by atoms with Crippen LogP contribution in [-0.2, 0) is 4.79 Å². The molecule has 4 nitrogen and oxygen atoms in total. The van der Waals surface area contributed by atoms with E-state index in [1.165, 1.54) is 0 Å². The molecule has 1 aliphatic rings. The van der Waals surface area contributed by atoms with Crippen LogP contribution in [0.15, 0.2) is 54.6 Å². The summed E-state index contributed by atoms with van der Waals surface area (Å²) in [7, 11) is 0. The first-order valence-electron chi connectivity index (χ1n) is 7.01. The van der Waals surface area contributed by atoms with E-state index in [0.717, 1.165) is 17.1 Å². The molecular weight excluding hydrogens is 266 g/mol. The van der Waals surface area contributed by atoms with E-state index in [-0.39, 0.29) is 5.92 Å². The topological polar surface area (TPSA) is 58.6 Å². The minimum absolute atomic E-state index is 0.247. The third-order valence-corrected chi connectivity index (χ3v) is 3.76. The first-order chi connectivity index (χ1) is 10.2. The van der Waals surface area contributed by atoms with Crippen molar-refractivity contribution in [3.63, 3.8) is 0 Å². The lowest BCUT2D eigenvalue weighted by atomic mass is 9.96. The molecule has 21 heavy (non-hydrogen) atoms. The van der Waals surface area contributed by atoms with Crippen LogP contribution in [0, 0.1) is 0 Å². The molecule has 3 rings (SSSR count). The Morgan fingerprint density at radius 3 is 2.33 bits per heavy atom. The maximum absolute atomic E-state index is 11.0. The molecule has 0 spiro atoms. The number of carboxylic acid groups (broad SMARTS) is 1. The lowest BCUT2D eigenvalue weighted by Crippen LogP contribution is -2.29. The number of carboxylic acids is 1. The van der Waals surface area contributed by atoms with Gasteiger partial charge in [0.2, 0.25) is 0 Å². The third-order valence-electron chi connectivity index (χ3n) is 3.76. The Morgan fingerprint density at radius 2 is 1.71 bits per heavy atom. The smallest absolute Gasteiger partial charge is 0.320 e. The molecule has 0 unspecified atom stereocenters. The fourth-order valence-corrected chi connectivity index (χ4v) is 2.61. The van der Waals surface area contributed by atoms with Gasteiger partial charge in [-0.2, -0.15) is 0 Å². The van der Waals surface area contributed by atoms with E-state index < -0.39 is 12.0 Å². The highest BCUT2D eigenvalue weighted by Gasteiger charge is 2.29. The van der Waals surface area contributed by atoms with Gasteiger partial charge in [-0.3, -0.25) is 4.79 Å². The number of hydrogen-bond acceptors (Lipinski definition) is 3. The van der Waals surface area contributed by atoms with Crippen molar-refractivity contribution < 1.29 is 14.6 Å². The number of rotatable bonds is 4. The lowest BCUT2D eigenvalue weighted by molar-refractivity contribution is -0.139. The Hall–Kier alpha value is -2.33. The van der Waals surface area contributed by atoms with E-state index in [0.29, 0.717) is 13.0 Å². The molecular formula is C17H17NO3. The Bertz CT molecular complexity index is 610. The molecule has 0 amide bonds. The van der Waals surface area contributed by atoms with Gasteiger partial charge in [0.1, 0.15) is 17.5 Å². The molecule has 0 saturated carbocycles. The van der Waals surface area contributed by atoms with Crippen molar-refractivity contribution >= 4 is 5.97 Å². The van der Waals surface area contributed by atoms with Crippen molar-refractivity contribution in [1.29, 1.82) is 0 Å². The van der Waals surface area contributed by atoms with Gasteiger partial charge in [-0.1, -0.05) is 30.3 Å². The van der Waals surface area contributed by atoms with E-state index in [4.69, 9.17) is 9.84 Å². The quantitative estimate of drug-likeness (QED) is 0.905. The summed E-state index contributed by atoms with van der Waals surface area (Å²) in [6.45, 7) is 0.704. The van der Waals surface area contributed by atoms with Gasteiger partial charge < -0.3 is 15.2 Å². The van der Waals surface area contributed by atoms with E-state index in [2.05, 4.69) is 5.32 Å². The molecule has 4 heteroatoms. The van der Waals surface area contributed by atoms with Gasteiger partial charge in [0.05, 0.1) is 0 Å². The number of benzene rings is 2. The first kappa shape index (κ1) is 13.6. The van der Waals surface area contributed by atoms with E-state index >= 15 is 0 Å². The van der Waals surface area contributed by atoms with Crippen LogP contribution in [0.5, 0.6) is 11.5 Å². The number of nitrogens with one attached hydrogen (secondary N) is 1. The number of hydrogen-bond donors (Lipinski definition) is 2. The number of para-hydroxylation sites is 1. The molecule has 1 saturated heterocycles. The molecule has 0 radical (unpaired) electrons. The van der Waals surface area contributed by atoms with Gasteiger partial charge in [0, 0.05) is 6.54 Å². The molecule has 0 aromatic heterocycles. The molecule has 2 N–H and O–H groups in total. The highest BCUT2D eigenvalue weighted by molar-refractivity contribution is 5.74. The van der Waals surface area contributed by atoms with Gasteiger partial charge >= 0.3 is 5.97 Å². The normalized spacial score (nSPS) is 21.1. The van der Waals surface area contributed by atoms with Crippen molar-refractivity contribution in [2.24, 2.45) is 0 Å². The highest BCUT2D eigenvalue weighted by atomic mass is 16.5. The van der Waals surface area contributed by atoms with Crippen LogP contribution in [-0.4, -0.2) is 23.7 Å². The van der Waals surface area contributed by atoms with Crippen LogP contribution in [0.2, 0.25) is 0 Å². The molecule has 2 aromatic carbocycles. The number of aliphatic carboxylic acids is 1. The zero-order valence-electron chi connectivity index (χ0n) is 11.5. The fourth-order valence-electron chi connectivity index (χ4n) is 2.61. The van der Waals surface area contributed by atoms with Crippen molar-refractivity contribution in [2.45, 2.75) is 18.4 Å². The maximum Gasteiger partial charge on any atom is 0.320 e. The zero-order valence-corrected chi connectivity index (χ0v) is 11.5. The van der Waals surface area contributed by atoms with Crippen LogP contribution in [0.4, 0.5) is 0 Å². The number of carbonyl (C=O) groups is 1. The SMILES string of the molecule is O=C(O)[C@@H]1C[C@H](c2ccc(Oc3ccccc3)cc2)CN1. The minimum Gasteiger partial charge on any atom is -0.480 e. The van der Waals surface area contributed by atoms with Crippen LogP contribution < -0.4 is 10.1 Å². The summed E-state index contributed by atoms with van der Waals surface area (Å²) in [5.74, 6) is 1.06. The van der Waals surface area contributed by atoms with Gasteiger partial charge in [-0.15, -0.1) is 0 Å². The second kappa shape index (κ2) is 5.97. The van der Waals surface area contributed by atoms with Crippen molar-refractivity contribution in [2.75, 3.05) is 6.54 Å². The second-order valence-corrected chi connectivity index (χ2v) is 5.22. The van der Waals surface area contributed by atoms with Gasteiger partial charge in [0.25, 0.3) is 0 Å². The second-order valence-electron chi connectivity index (χ2n) is 5.22. The summed E-state index contributed by atoms with van der Waals surface area (Å²) in [6.07, 6.45) is 0.633. The average molecular weight is 283 g/mol. The monoisotopic (exact) mass is 283 g/mol. The predicted octanol–water partition coefficient (Wildman–Crippen LogP) is 3.01. The van der Waals surface area contributed by atoms with Crippen molar-refractivity contribution in [3.05, 3.63) is 60.2 Å². The molecule has 108 valence electrons. The van der Waals surface area contributed by atoms with E-state index in [9.17, 15) is 4.79 Å². The van der Waals surface area contributed by atoms with E-state index in [1.54, 1.807) is 0 Å². The molecule has 1 fully saturated rings. The molecule has 0 bridgehead atoms. The van der Waals surface area contributed by atoms with Gasteiger partial charge in [-0.05, 0) is 42.2 Å².